The Morgan fingerprint density at radius 2 is 2.00 bits per heavy atom. The highest BCUT2D eigenvalue weighted by Gasteiger charge is 1.90. The Morgan fingerprint density at radius 3 is 2.62 bits per heavy atom. The molecule has 0 spiro atoms. The molecule has 0 fully saturated rings. The van der Waals surface area contributed by atoms with Crippen LogP contribution in [0.3, 0.4) is 0 Å². The van der Waals surface area contributed by atoms with Gasteiger partial charge < -0.3 is 11.1 Å². The lowest BCUT2D eigenvalue weighted by Crippen LogP contribution is -2.08. The lowest BCUT2D eigenvalue weighted by molar-refractivity contribution is -0.269. The molecule has 13 heavy (non-hydrogen) atoms. The van der Waals surface area contributed by atoms with Crippen LogP contribution < -0.4 is 11.1 Å². The number of nitrogens with two attached hydrogens (primary N) is 1. The Labute approximate surface area is 77.6 Å². The van der Waals surface area contributed by atoms with Gasteiger partial charge in [-0.3, -0.25) is 0 Å². The number of anilines is 2. The molecule has 0 unspecified atom stereocenters. The van der Waals surface area contributed by atoms with Gasteiger partial charge in [-0.05, 0) is 24.3 Å². The maximum Gasteiger partial charge on any atom is 0.0994 e. The second-order valence-electron chi connectivity index (χ2n) is 2.54. The number of hydrogen-bond donors (Lipinski definition) is 2. The van der Waals surface area contributed by atoms with Crippen LogP contribution in [0.4, 0.5) is 11.4 Å². The zero-order valence-corrected chi connectivity index (χ0v) is 7.62. The third kappa shape index (κ3) is 3.78. The van der Waals surface area contributed by atoms with E-state index in [0.29, 0.717) is 13.2 Å². The van der Waals surface area contributed by atoms with E-state index in [4.69, 9.17) is 10.6 Å². The van der Waals surface area contributed by atoms with Crippen molar-refractivity contribution in [2.75, 3.05) is 31.3 Å². The second kappa shape index (κ2) is 5.40. The SMILES string of the molecule is COOCCNc1ccc(N)cc1. The van der Waals surface area contributed by atoms with Gasteiger partial charge in [0, 0.05) is 17.9 Å². The van der Waals surface area contributed by atoms with Crippen LogP contribution in [-0.2, 0) is 9.78 Å². The van der Waals surface area contributed by atoms with Crippen LogP contribution in [0.2, 0.25) is 0 Å². The summed E-state index contributed by atoms with van der Waals surface area (Å²) in [5.74, 6) is 0. The Balaban J connectivity index is 2.25. The summed E-state index contributed by atoms with van der Waals surface area (Å²) in [6.07, 6.45) is 0. The normalized spacial score (nSPS) is 9.92. The first-order valence-corrected chi connectivity index (χ1v) is 4.08. The van der Waals surface area contributed by atoms with Gasteiger partial charge >= 0.3 is 0 Å². The molecule has 1 rings (SSSR count). The first-order valence-electron chi connectivity index (χ1n) is 4.08. The highest BCUT2D eigenvalue weighted by Crippen LogP contribution is 2.09. The molecule has 72 valence electrons. The Kier molecular flexibility index (Phi) is 4.08. The van der Waals surface area contributed by atoms with Crippen LogP contribution in [0.25, 0.3) is 0 Å². The number of benzene rings is 1. The van der Waals surface area contributed by atoms with E-state index < -0.39 is 0 Å². The molecule has 4 nitrogen and oxygen atoms in total. The molecule has 0 aliphatic carbocycles. The fourth-order valence-electron chi connectivity index (χ4n) is 0.921. The van der Waals surface area contributed by atoms with Crippen LogP contribution in [0.1, 0.15) is 0 Å². The lowest BCUT2D eigenvalue weighted by Gasteiger charge is -2.05. The molecule has 4 heteroatoms. The van der Waals surface area contributed by atoms with Crippen molar-refractivity contribution in [1.29, 1.82) is 0 Å². The van der Waals surface area contributed by atoms with E-state index >= 15 is 0 Å². The third-order valence-electron chi connectivity index (χ3n) is 1.54. The van der Waals surface area contributed by atoms with Gasteiger partial charge in [-0.25, -0.2) is 9.78 Å². The van der Waals surface area contributed by atoms with E-state index in [1.165, 1.54) is 7.11 Å². The molecule has 0 aliphatic rings. The van der Waals surface area contributed by atoms with Crippen LogP contribution in [0, 0.1) is 0 Å². The zero-order valence-electron chi connectivity index (χ0n) is 7.62. The van der Waals surface area contributed by atoms with Gasteiger partial charge in [0.2, 0.25) is 0 Å². The van der Waals surface area contributed by atoms with Crippen molar-refractivity contribution < 1.29 is 9.78 Å². The van der Waals surface area contributed by atoms with Crippen molar-refractivity contribution in [1.82, 2.24) is 0 Å². The summed E-state index contributed by atoms with van der Waals surface area (Å²) in [5, 5.41) is 3.15. The summed E-state index contributed by atoms with van der Waals surface area (Å²) >= 11 is 0. The van der Waals surface area contributed by atoms with Gasteiger partial charge in [0.1, 0.15) is 0 Å². The van der Waals surface area contributed by atoms with Gasteiger partial charge in [-0.2, -0.15) is 0 Å². The monoisotopic (exact) mass is 182 g/mol. The summed E-state index contributed by atoms with van der Waals surface area (Å²) < 4.78 is 0. The molecular weight excluding hydrogens is 168 g/mol. The predicted molar refractivity (Wildman–Crippen MR) is 52.3 cm³/mol. The standard InChI is InChI=1S/C9H14N2O2/c1-12-13-7-6-11-9-4-2-8(10)3-5-9/h2-5,11H,6-7,10H2,1H3. The van der Waals surface area contributed by atoms with Crippen molar-refractivity contribution in [3.05, 3.63) is 24.3 Å². The minimum absolute atomic E-state index is 0.515. The smallest absolute Gasteiger partial charge is 0.0994 e. The first-order chi connectivity index (χ1) is 6.33. The summed E-state index contributed by atoms with van der Waals surface area (Å²) in [6, 6.07) is 7.53. The fraction of sp³-hybridized carbons (Fsp3) is 0.333. The van der Waals surface area contributed by atoms with E-state index in [0.717, 1.165) is 11.4 Å². The molecule has 0 amide bonds. The summed E-state index contributed by atoms with van der Waals surface area (Å²) in [5.41, 5.74) is 7.32. The molecule has 0 aromatic heterocycles. The first kappa shape index (κ1) is 9.83. The topological polar surface area (TPSA) is 56.5 Å². The molecule has 0 saturated carbocycles. The molecule has 0 saturated heterocycles. The Bertz CT molecular complexity index is 236. The van der Waals surface area contributed by atoms with E-state index in [9.17, 15) is 0 Å². The number of rotatable bonds is 5. The van der Waals surface area contributed by atoms with Gasteiger partial charge in [0.25, 0.3) is 0 Å². The largest absolute Gasteiger partial charge is 0.399 e. The maximum absolute atomic E-state index is 5.53. The van der Waals surface area contributed by atoms with Crippen LogP contribution in [0.5, 0.6) is 0 Å². The quantitative estimate of drug-likeness (QED) is 0.311. The van der Waals surface area contributed by atoms with Crippen molar-refractivity contribution in [3.8, 4) is 0 Å². The molecule has 0 aliphatic heterocycles. The van der Waals surface area contributed by atoms with Crippen molar-refractivity contribution >= 4 is 11.4 Å². The van der Waals surface area contributed by atoms with E-state index in [1.807, 2.05) is 24.3 Å². The van der Waals surface area contributed by atoms with Crippen LogP contribution >= 0.6 is 0 Å². The number of nitrogen functional groups attached to an aromatic ring is 1. The summed E-state index contributed by atoms with van der Waals surface area (Å²) in [4.78, 5) is 9.13. The zero-order chi connectivity index (χ0) is 9.52. The number of hydrogen-bond acceptors (Lipinski definition) is 4. The van der Waals surface area contributed by atoms with E-state index in [1.54, 1.807) is 0 Å². The van der Waals surface area contributed by atoms with Crippen LogP contribution in [0.15, 0.2) is 24.3 Å². The minimum Gasteiger partial charge on any atom is -0.399 e. The molecule has 0 radical (unpaired) electrons. The molecule has 3 N–H and O–H groups in total. The van der Waals surface area contributed by atoms with Gasteiger partial charge in [0.15, 0.2) is 0 Å². The predicted octanol–water partition coefficient (Wildman–Crippen LogP) is 1.26. The highest BCUT2D eigenvalue weighted by molar-refractivity contribution is 5.51. The van der Waals surface area contributed by atoms with Gasteiger partial charge in [-0.15, -0.1) is 0 Å². The van der Waals surface area contributed by atoms with Gasteiger partial charge in [0.05, 0.1) is 13.7 Å². The minimum atomic E-state index is 0.515. The molecule has 0 atom stereocenters. The van der Waals surface area contributed by atoms with Crippen molar-refractivity contribution in [2.24, 2.45) is 0 Å². The molecule has 1 aromatic carbocycles. The molecule has 0 heterocycles. The average molecular weight is 182 g/mol. The Hall–Kier alpha value is -1.26. The van der Waals surface area contributed by atoms with Crippen LogP contribution in [-0.4, -0.2) is 20.3 Å². The molecule has 0 bridgehead atoms. The average Bonchev–Trinajstić information content (AvgIpc) is 2.15. The van der Waals surface area contributed by atoms with Crippen molar-refractivity contribution in [2.45, 2.75) is 0 Å². The van der Waals surface area contributed by atoms with E-state index in [2.05, 4.69) is 10.2 Å². The lowest BCUT2D eigenvalue weighted by atomic mass is 10.3. The fourth-order valence-corrected chi connectivity index (χ4v) is 0.921. The maximum atomic E-state index is 5.53. The number of nitrogens with one attached hydrogen (secondary N) is 1. The Morgan fingerprint density at radius 1 is 1.31 bits per heavy atom. The molecular formula is C9H14N2O2. The summed E-state index contributed by atoms with van der Waals surface area (Å²) in [6.45, 7) is 1.22. The molecule has 1 aromatic rings. The second-order valence-corrected chi connectivity index (χ2v) is 2.54. The third-order valence-corrected chi connectivity index (χ3v) is 1.54. The summed E-state index contributed by atoms with van der Waals surface area (Å²) in [7, 11) is 1.49. The van der Waals surface area contributed by atoms with Gasteiger partial charge in [-0.1, -0.05) is 0 Å². The highest BCUT2D eigenvalue weighted by atomic mass is 17.2. The van der Waals surface area contributed by atoms with E-state index in [-0.39, 0.29) is 0 Å². The van der Waals surface area contributed by atoms with Crippen molar-refractivity contribution in [3.63, 3.8) is 0 Å².